The van der Waals surface area contributed by atoms with Gasteiger partial charge in [0.1, 0.15) is 5.69 Å². The molecule has 8 heteroatoms. The summed E-state index contributed by atoms with van der Waals surface area (Å²) < 4.78 is 5.36. The lowest BCUT2D eigenvalue weighted by atomic mass is 9.98. The van der Waals surface area contributed by atoms with Crippen LogP contribution < -0.4 is 5.73 Å². The summed E-state index contributed by atoms with van der Waals surface area (Å²) in [5, 5.41) is 10.7. The molecule has 1 atom stereocenters. The molecule has 3 aromatic rings. The van der Waals surface area contributed by atoms with Crippen LogP contribution in [0.4, 0.5) is 0 Å². The van der Waals surface area contributed by atoms with Crippen molar-refractivity contribution in [3.8, 4) is 11.3 Å². The molecule has 1 saturated heterocycles. The van der Waals surface area contributed by atoms with Crippen molar-refractivity contribution in [3.05, 3.63) is 59.5 Å². The van der Waals surface area contributed by atoms with Gasteiger partial charge in [-0.05, 0) is 25.3 Å². The molecular formula is C19H19N5O3. The summed E-state index contributed by atoms with van der Waals surface area (Å²) in [5.74, 6) is -0.263. The maximum atomic E-state index is 13.0. The summed E-state index contributed by atoms with van der Waals surface area (Å²) in [4.78, 5) is 26.1. The van der Waals surface area contributed by atoms with Gasteiger partial charge >= 0.3 is 0 Å². The Balaban J connectivity index is 1.59. The van der Waals surface area contributed by atoms with Crippen molar-refractivity contribution < 1.29 is 14.1 Å². The first-order valence-electron chi connectivity index (χ1n) is 8.81. The number of amides is 2. The second-order valence-corrected chi connectivity index (χ2v) is 6.53. The Kier molecular flexibility index (Phi) is 4.45. The zero-order valence-electron chi connectivity index (χ0n) is 14.6. The number of carbonyl (C=O) groups is 2. The summed E-state index contributed by atoms with van der Waals surface area (Å²) in [6, 6.07) is 12.6. The fourth-order valence-electron chi connectivity index (χ4n) is 3.39. The Morgan fingerprint density at radius 3 is 2.70 bits per heavy atom. The molecule has 138 valence electrons. The van der Waals surface area contributed by atoms with Crippen LogP contribution in [0.1, 0.15) is 52.0 Å². The summed E-state index contributed by atoms with van der Waals surface area (Å²) in [7, 11) is 0. The van der Waals surface area contributed by atoms with Crippen LogP contribution in [0, 0.1) is 0 Å². The van der Waals surface area contributed by atoms with E-state index in [0.29, 0.717) is 18.0 Å². The molecule has 1 aromatic carbocycles. The number of nitrogens with zero attached hydrogens (tertiary/aromatic N) is 3. The topological polar surface area (TPSA) is 118 Å². The van der Waals surface area contributed by atoms with Crippen LogP contribution in [-0.4, -0.2) is 38.6 Å². The fourth-order valence-corrected chi connectivity index (χ4v) is 3.39. The van der Waals surface area contributed by atoms with Crippen molar-refractivity contribution >= 4 is 11.8 Å². The average Bonchev–Trinajstić information content (AvgIpc) is 3.38. The van der Waals surface area contributed by atoms with Crippen molar-refractivity contribution in [1.29, 1.82) is 0 Å². The van der Waals surface area contributed by atoms with Gasteiger partial charge in [0.2, 0.25) is 0 Å². The third-order valence-electron chi connectivity index (χ3n) is 4.76. The standard InChI is InChI=1S/C19H19N5O3/c20-18(25)14-10-13(21-22-14)16-8-4-5-9-24(16)19(26)15-11-17(27-23-15)12-6-2-1-3-7-12/h1-3,6-7,10-11,16H,4-5,8-9H2,(H2,20,25)(H,21,22). The molecule has 2 amide bonds. The van der Waals surface area contributed by atoms with Gasteiger partial charge in [-0.2, -0.15) is 5.10 Å². The van der Waals surface area contributed by atoms with Gasteiger partial charge in [0, 0.05) is 18.2 Å². The Labute approximate surface area is 155 Å². The first kappa shape index (κ1) is 17.0. The summed E-state index contributed by atoms with van der Waals surface area (Å²) in [6.45, 7) is 0.599. The lowest BCUT2D eigenvalue weighted by Gasteiger charge is -2.34. The minimum atomic E-state index is -0.602. The van der Waals surface area contributed by atoms with Gasteiger partial charge in [0.05, 0.1) is 11.7 Å². The number of benzene rings is 1. The molecule has 1 aliphatic rings. The highest BCUT2D eigenvalue weighted by Crippen LogP contribution is 2.32. The van der Waals surface area contributed by atoms with Crippen LogP contribution in [0.5, 0.6) is 0 Å². The molecule has 0 saturated carbocycles. The first-order valence-corrected chi connectivity index (χ1v) is 8.81. The maximum Gasteiger partial charge on any atom is 0.276 e. The number of rotatable bonds is 4. The largest absolute Gasteiger partial charge is 0.364 e. The Morgan fingerprint density at radius 1 is 1.15 bits per heavy atom. The molecule has 1 aliphatic heterocycles. The number of aromatic nitrogens is 3. The third-order valence-corrected chi connectivity index (χ3v) is 4.76. The van der Waals surface area contributed by atoms with Crippen LogP contribution in [-0.2, 0) is 0 Å². The molecule has 0 spiro atoms. The first-order chi connectivity index (χ1) is 13.1. The average molecular weight is 365 g/mol. The van der Waals surface area contributed by atoms with Gasteiger partial charge in [-0.3, -0.25) is 14.7 Å². The second kappa shape index (κ2) is 7.06. The van der Waals surface area contributed by atoms with E-state index in [1.165, 1.54) is 0 Å². The van der Waals surface area contributed by atoms with Gasteiger partial charge in [0.25, 0.3) is 11.8 Å². The van der Waals surface area contributed by atoms with Gasteiger partial charge in [-0.25, -0.2) is 0 Å². The molecule has 1 fully saturated rings. The van der Waals surface area contributed by atoms with E-state index < -0.39 is 5.91 Å². The Hall–Kier alpha value is -3.42. The molecule has 0 radical (unpaired) electrons. The number of nitrogens with one attached hydrogen (secondary N) is 1. The quantitative estimate of drug-likeness (QED) is 0.736. The van der Waals surface area contributed by atoms with Crippen molar-refractivity contribution in [3.63, 3.8) is 0 Å². The molecule has 8 nitrogen and oxygen atoms in total. The zero-order valence-corrected chi connectivity index (χ0v) is 14.6. The highest BCUT2D eigenvalue weighted by atomic mass is 16.5. The number of aromatic amines is 1. The minimum absolute atomic E-state index is 0.163. The van der Waals surface area contributed by atoms with E-state index in [2.05, 4.69) is 15.4 Å². The Morgan fingerprint density at radius 2 is 1.96 bits per heavy atom. The van der Waals surface area contributed by atoms with Crippen LogP contribution in [0.3, 0.4) is 0 Å². The summed E-state index contributed by atoms with van der Waals surface area (Å²) >= 11 is 0. The predicted octanol–water partition coefficient (Wildman–Crippen LogP) is 2.53. The van der Waals surface area contributed by atoms with E-state index in [1.54, 1.807) is 17.0 Å². The third kappa shape index (κ3) is 3.33. The van der Waals surface area contributed by atoms with Crippen LogP contribution >= 0.6 is 0 Å². The van der Waals surface area contributed by atoms with Crippen molar-refractivity contribution in [2.75, 3.05) is 6.54 Å². The van der Waals surface area contributed by atoms with Crippen LogP contribution in [0.2, 0.25) is 0 Å². The Bertz CT molecular complexity index is 963. The number of nitrogens with two attached hydrogens (primary N) is 1. The molecule has 0 bridgehead atoms. The molecular weight excluding hydrogens is 346 g/mol. The highest BCUT2D eigenvalue weighted by molar-refractivity contribution is 5.93. The van der Waals surface area contributed by atoms with Gasteiger partial charge < -0.3 is 15.2 Å². The van der Waals surface area contributed by atoms with Gasteiger partial charge in [0.15, 0.2) is 11.5 Å². The number of piperidine rings is 1. The van der Waals surface area contributed by atoms with E-state index in [9.17, 15) is 9.59 Å². The van der Waals surface area contributed by atoms with E-state index in [-0.39, 0.29) is 23.3 Å². The smallest absolute Gasteiger partial charge is 0.276 e. The van der Waals surface area contributed by atoms with Crippen molar-refractivity contribution in [2.24, 2.45) is 5.73 Å². The SMILES string of the molecule is NC(=O)c1cc(C2CCCCN2C(=O)c2cc(-c3ccccc3)on2)[nH]n1. The number of hydrogen-bond acceptors (Lipinski definition) is 5. The molecule has 3 N–H and O–H groups in total. The number of hydrogen-bond donors (Lipinski definition) is 2. The molecule has 27 heavy (non-hydrogen) atoms. The lowest BCUT2D eigenvalue weighted by Crippen LogP contribution is -2.38. The normalized spacial score (nSPS) is 17.0. The van der Waals surface area contributed by atoms with E-state index in [4.69, 9.17) is 10.3 Å². The lowest BCUT2D eigenvalue weighted by molar-refractivity contribution is 0.0595. The fraction of sp³-hybridized carbons (Fsp3) is 0.263. The second-order valence-electron chi connectivity index (χ2n) is 6.53. The molecule has 3 heterocycles. The van der Waals surface area contributed by atoms with Gasteiger partial charge in [-0.1, -0.05) is 35.5 Å². The molecule has 0 aliphatic carbocycles. The van der Waals surface area contributed by atoms with Crippen LogP contribution in [0.25, 0.3) is 11.3 Å². The number of carbonyl (C=O) groups excluding carboxylic acids is 2. The van der Waals surface area contributed by atoms with Crippen molar-refractivity contribution in [1.82, 2.24) is 20.3 Å². The highest BCUT2D eigenvalue weighted by Gasteiger charge is 2.32. The summed E-state index contributed by atoms with van der Waals surface area (Å²) in [6.07, 6.45) is 2.66. The number of likely N-dealkylation sites (tertiary alicyclic amines) is 1. The molecule has 4 rings (SSSR count). The van der Waals surface area contributed by atoms with Gasteiger partial charge in [-0.15, -0.1) is 0 Å². The zero-order chi connectivity index (χ0) is 18.8. The van der Waals surface area contributed by atoms with E-state index >= 15 is 0 Å². The molecule has 1 unspecified atom stereocenters. The molecule has 2 aromatic heterocycles. The predicted molar refractivity (Wildman–Crippen MR) is 96.7 cm³/mol. The van der Waals surface area contributed by atoms with E-state index in [0.717, 1.165) is 24.8 Å². The number of primary amides is 1. The number of H-pyrrole nitrogens is 1. The summed E-state index contributed by atoms with van der Waals surface area (Å²) in [5.41, 5.74) is 7.26. The van der Waals surface area contributed by atoms with Crippen LogP contribution in [0.15, 0.2) is 47.0 Å². The minimum Gasteiger partial charge on any atom is -0.364 e. The van der Waals surface area contributed by atoms with E-state index in [1.807, 2.05) is 30.3 Å². The monoisotopic (exact) mass is 365 g/mol. The maximum absolute atomic E-state index is 13.0. The van der Waals surface area contributed by atoms with Crippen molar-refractivity contribution in [2.45, 2.75) is 25.3 Å².